The molecule has 0 bridgehead atoms. The summed E-state index contributed by atoms with van der Waals surface area (Å²) < 4.78 is 0. The van der Waals surface area contributed by atoms with Crippen LogP contribution in [0, 0.1) is 5.41 Å². The zero-order chi connectivity index (χ0) is 15.2. The van der Waals surface area contributed by atoms with Crippen LogP contribution in [0.4, 0.5) is 0 Å². The highest BCUT2D eigenvalue weighted by atomic mass is 16.2. The Hall–Kier alpha value is -1.84. The fourth-order valence-electron chi connectivity index (χ4n) is 1.73. The Morgan fingerprint density at radius 2 is 1.70 bits per heavy atom. The van der Waals surface area contributed by atoms with Gasteiger partial charge in [-0.05, 0) is 39.7 Å². The van der Waals surface area contributed by atoms with Gasteiger partial charge in [0.1, 0.15) is 5.41 Å². The maximum absolute atomic E-state index is 12.1. The topological polar surface area (TPSA) is 58.2 Å². The van der Waals surface area contributed by atoms with Gasteiger partial charge >= 0.3 is 0 Å². The second kappa shape index (κ2) is 7.08. The minimum atomic E-state index is -1.05. The molecule has 0 aliphatic heterocycles. The third-order valence-electron chi connectivity index (χ3n) is 3.10. The number of amides is 2. The zero-order valence-electron chi connectivity index (χ0n) is 12.7. The molecule has 0 heterocycles. The molecule has 20 heavy (non-hydrogen) atoms. The Bertz CT molecular complexity index is 453. The Balaban J connectivity index is 2.47. The molecule has 0 aliphatic carbocycles. The average molecular weight is 276 g/mol. The zero-order valence-corrected chi connectivity index (χ0v) is 12.7. The summed E-state index contributed by atoms with van der Waals surface area (Å²) in [6.07, 6.45) is 0.758. The van der Waals surface area contributed by atoms with E-state index in [9.17, 15) is 9.59 Å². The molecule has 0 saturated carbocycles. The highest BCUT2D eigenvalue weighted by molar-refractivity contribution is 6.04. The average Bonchev–Trinajstić information content (AvgIpc) is 2.39. The molecule has 0 saturated heterocycles. The molecule has 0 atom stereocenters. The molecule has 0 aromatic heterocycles. The predicted molar refractivity (Wildman–Crippen MR) is 80.2 cm³/mol. The second-order valence-corrected chi connectivity index (χ2v) is 5.74. The first-order valence-corrected chi connectivity index (χ1v) is 6.97. The van der Waals surface area contributed by atoms with Crippen molar-refractivity contribution < 1.29 is 9.59 Å². The monoisotopic (exact) mass is 276 g/mol. The van der Waals surface area contributed by atoms with E-state index < -0.39 is 5.41 Å². The van der Waals surface area contributed by atoms with E-state index in [1.54, 1.807) is 13.8 Å². The molecule has 0 aliphatic rings. The van der Waals surface area contributed by atoms with Crippen LogP contribution in [0.3, 0.4) is 0 Å². The van der Waals surface area contributed by atoms with Crippen molar-refractivity contribution in [3.63, 3.8) is 0 Å². The Morgan fingerprint density at radius 1 is 1.10 bits per heavy atom. The van der Waals surface area contributed by atoms with Crippen molar-refractivity contribution in [3.05, 3.63) is 35.9 Å². The van der Waals surface area contributed by atoms with Gasteiger partial charge in [0.15, 0.2) is 0 Å². The number of hydrogen-bond acceptors (Lipinski definition) is 2. The first-order chi connectivity index (χ1) is 9.34. The number of carbonyl (C=O) groups excluding carboxylic acids is 2. The Morgan fingerprint density at radius 3 is 2.25 bits per heavy atom. The summed E-state index contributed by atoms with van der Waals surface area (Å²) in [4.78, 5) is 24.1. The van der Waals surface area contributed by atoms with E-state index >= 15 is 0 Å². The lowest BCUT2D eigenvalue weighted by atomic mass is 9.90. The van der Waals surface area contributed by atoms with Crippen molar-refractivity contribution in [2.45, 2.75) is 40.2 Å². The minimum absolute atomic E-state index is 0.0268. The molecule has 0 fully saturated rings. The summed E-state index contributed by atoms with van der Waals surface area (Å²) in [5.41, 5.74) is 0.110. The molecule has 2 N–H and O–H groups in total. The highest BCUT2D eigenvalue weighted by Crippen LogP contribution is 2.15. The summed E-state index contributed by atoms with van der Waals surface area (Å²) in [6.45, 7) is 7.56. The number of nitrogens with one attached hydrogen (secondary N) is 2. The quantitative estimate of drug-likeness (QED) is 0.780. The van der Waals surface area contributed by atoms with E-state index in [2.05, 4.69) is 10.6 Å². The van der Waals surface area contributed by atoms with Gasteiger partial charge in [0.05, 0.1) is 0 Å². The molecule has 0 spiro atoms. The molecule has 4 heteroatoms. The van der Waals surface area contributed by atoms with Gasteiger partial charge in [-0.2, -0.15) is 0 Å². The van der Waals surface area contributed by atoms with Gasteiger partial charge in [-0.3, -0.25) is 9.59 Å². The van der Waals surface area contributed by atoms with Crippen LogP contribution >= 0.6 is 0 Å². The lowest BCUT2D eigenvalue weighted by Gasteiger charge is -2.24. The van der Waals surface area contributed by atoms with Crippen molar-refractivity contribution in [1.82, 2.24) is 10.6 Å². The Labute approximate surface area is 121 Å². The fourth-order valence-corrected chi connectivity index (χ4v) is 1.73. The summed E-state index contributed by atoms with van der Waals surface area (Å²) in [5.74, 6) is -0.490. The van der Waals surface area contributed by atoms with Gasteiger partial charge < -0.3 is 10.6 Å². The summed E-state index contributed by atoms with van der Waals surface area (Å²) in [7, 11) is 0. The summed E-state index contributed by atoms with van der Waals surface area (Å²) in [5, 5.41) is 5.60. The van der Waals surface area contributed by atoms with Crippen molar-refractivity contribution >= 4 is 11.8 Å². The molecule has 1 aromatic rings. The van der Waals surface area contributed by atoms with E-state index in [0.717, 1.165) is 12.0 Å². The molecular weight excluding hydrogens is 252 g/mol. The van der Waals surface area contributed by atoms with Crippen LogP contribution in [0.1, 0.15) is 33.3 Å². The first kappa shape index (κ1) is 16.2. The molecule has 1 rings (SSSR count). The SMILES string of the molecule is CC(C)NC(=O)C(C)(C)C(=O)NCCc1ccccc1. The van der Waals surface area contributed by atoms with E-state index in [0.29, 0.717) is 6.54 Å². The normalized spacial score (nSPS) is 11.2. The summed E-state index contributed by atoms with van der Waals surface area (Å²) in [6, 6.07) is 9.96. The van der Waals surface area contributed by atoms with Crippen molar-refractivity contribution in [1.29, 1.82) is 0 Å². The van der Waals surface area contributed by atoms with Crippen LogP contribution in [-0.4, -0.2) is 24.4 Å². The van der Waals surface area contributed by atoms with Crippen molar-refractivity contribution in [2.24, 2.45) is 5.41 Å². The van der Waals surface area contributed by atoms with Gasteiger partial charge in [-0.25, -0.2) is 0 Å². The third-order valence-corrected chi connectivity index (χ3v) is 3.10. The van der Waals surface area contributed by atoms with E-state index in [1.165, 1.54) is 0 Å². The minimum Gasteiger partial charge on any atom is -0.355 e. The number of hydrogen-bond donors (Lipinski definition) is 2. The molecule has 4 nitrogen and oxygen atoms in total. The van der Waals surface area contributed by atoms with Crippen LogP contribution in [0.5, 0.6) is 0 Å². The fraction of sp³-hybridized carbons (Fsp3) is 0.500. The lowest BCUT2D eigenvalue weighted by Crippen LogP contribution is -2.49. The smallest absolute Gasteiger partial charge is 0.235 e. The standard InChI is InChI=1S/C16H24N2O2/c1-12(2)18-15(20)16(3,4)14(19)17-11-10-13-8-6-5-7-9-13/h5-9,12H,10-11H2,1-4H3,(H,17,19)(H,18,20). The van der Waals surface area contributed by atoms with Crippen LogP contribution < -0.4 is 10.6 Å². The van der Waals surface area contributed by atoms with Gasteiger partial charge in [-0.1, -0.05) is 30.3 Å². The Kier molecular flexibility index (Phi) is 5.74. The number of benzene rings is 1. The molecule has 110 valence electrons. The van der Waals surface area contributed by atoms with Crippen molar-refractivity contribution in [3.8, 4) is 0 Å². The molecular formula is C16H24N2O2. The van der Waals surface area contributed by atoms with E-state index in [4.69, 9.17) is 0 Å². The molecule has 0 radical (unpaired) electrons. The van der Waals surface area contributed by atoms with Gasteiger partial charge in [0.25, 0.3) is 0 Å². The van der Waals surface area contributed by atoms with E-state index in [1.807, 2.05) is 44.2 Å². The molecule has 1 aromatic carbocycles. The van der Waals surface area contributed by atoms with Gasteiger partial charge in [0, 0.05) is 12.6 Å². The first-order valence-electron chi connectivity index (χ1n) is 6.97. The number of carbonyl (C=O) groups is 2. The maximum Gasteiger partial charge on any atom is 0.235 e. The van der Waals surface area contributed by atoms with Crippen LogP contribution in [0.2, 0.25) is 0 Å². The van der Waals surface area contributed by atoms with Crippen LogP contribution in [-0.2, 0) is 16.0 Å². The van der Waals surface area contributed by atoms with Gasteiger partial charge in [0.2, 0.25) is 11.8 Å². The van der Waals surface area contributed by atoms with Gasteiger partial charge in [-0.15, -0.1) is 0 Å². The maximum atomic E-state index is 12.1. The van der Waals surface area contributed by atoms with Crippen LogP contribution in [0.25, 0.3) is 0 Å². The molecule has 0 unspecified atom stereocenters. The lowest BCUT2D eigenvalue weighted by molar-refractivity contribution is -0.141. The largest absolute Gasteiger partial charge is 0.355 e. The highest BCUT2D eigenvalue weighted by Gasteiger charge is 2.35. The number of rotatable bonds is 6. The van der Waals surface area contributed by atoms with E-state index in [-0.39, 0.29) is 17.9 Å². The second-order valence-electron chi connectivity index (χ2n) is 5.74. The predicted octanol–water partition coefficient (Wildman–Crippen LogP) is 1.90. The van der Waals surface area contributed by atoms with Crippen LogP contribution in [0.15, 0.2) is 30.3 Å². The third kappa shape index (κ3) is 4.68. The summed E-state index contributed by atoms with van der Waals surface area (Å²) >= 11 is 0. The van der Waals surface area contributed by atoms with Crippen molar-refractivity contribution in [2.75, 3.05) is 6.54 Å². The molecule has 2 amide bonds.